The molecule has 4 aromatic rings. The molecule has 0 fully saturated rings. The van der Waals surface area contributed by atoms with Gasteiger partial charge in [-0.3, -0.25) is 19.5 Å². The highest BCUT2D eigenvalue weighted by atomic mass is 32.1. The van der Waals surface area contributed by atoms with E-state index in [2.05, 4.69) is 15.4 Å². The number of hydrogen-bond donors (Lipinski definition) is 2. The van der Waals surface area contributed by atoms with Gasteiger partial charge in [0.05, 0.1) is 5.69 Å². The standard InChI is InChI=1S/C24H21FN4O3S/c1-14-20(10-11-22(31)26-19-5-3-4-17(12-19)15(2)30)23(32)29(28-14)24-27-21(13-33-24)16-6-8-18(25)9-7-16/h3-9,12-13,28H,10-11H2,1-2H3,(H,26,31). The zero-order valence-electron chi connectivity index (χ0n) is 18.0. The van der Waals surface area contributed by atoms with Crippen LogP contribution in [0.25, 0.3) is 16.4 Å². The summed E-state index contributed by atoms with van der Waals surface area (Å²) < 4.78 is 14.5. The Balaban J connectivity index is 1.46. The number of rotatable bonds is 7. The molecule has 0 aliphatic rings. The molecule has 7 nitrogen and oxygen atoms in total. The van der Waals surface area contributed by atoms with Crippen molar-refractivity contribution in [2.75, 3.05) is 5.32 Å². The van der Waals surface area contributed by atoms with E-state index >= 15 is 0 Å². The molecular formula is C24H21FN4O3S. The summed E-state index contributed by atoms with van der Waals surface area (Å²) in [6, 6.07) is 12.7. The van der Waals surface area contributed by atoms with Gasteiger partial charge in [0.25, 0.3) is 5.56 Å². The van der Waals surface area contributed by atoms with Crippen molar-refractivity contribution in [2.24, 2.45) is 0 Å². The number of ketones is 1. The summed E-state index contributed by atoms with van der Waals surface area (Å²) in [6.07, 6.45) is 0.361. The van der Waals surface area contributed by atoms with Gasteiger partial charge in [0.15, 0.2) is 5.78 Å². The van der Waals surface area contributed by atoms with Gasteiger partial charge in [-0.2, -0.15) is 4.68 Å². The Hall–Kier alpha value is -3.85. The number of carbonyl (C=O) groups is 2. The van der Waals surface area contributed by atoms with E-state index < -0.39 is 0 Å². The lowest BCUT2D eigenvalue weighted by Crippen LogP contribution is -2.19. The number of amides is 1. The van der Waals surface area contributed by atoms with E-state index in [9.17, 15) is 18.8 Å². The topological polar surface area (TPSA) is 96.8 Å². The van der Waals surface area contributed by atoms with Gasteiger partial charge >= 0.3 is 0 Å². The minimum Gasteiger partial charge on any atom is -0.326 e. The van der Waals surface area contributed by atoms with Gasteiger partial charge in [0, 0.05) is 39.9 Å². The molecule has 2 heterocycles. The molecule has 9 heteroatoms. The van der Waals surface area contributed by atoms with E-state index in [-0.39, 0.29) is 35.9 Å². The maximum Gasteiger partial charge on any atom is 0.276 e. The smallest absolute Gasteiger partial charge is 0.276 e. The van der Waals surface area contributed by atoms with Gasteiger partial charge in [-0.1, -0.05) is 12.1 Å². The Morgan fingerprint density at radius 3 is 2.67 bits per heavy atom. The van der Waals surface area contributed by atoms with E-state index in [1.807, 2.05) is 0 Å². The van der Waals surface area contributed by atoms with Gasteiger partial charge in [-0.25, -0.2) is 9.37 Å². The quantitative estimate of drug-likeness (QED) is 0.393. The van der Waals surface area contributed by atoms with Gasteiger partial charge in [-0.05, 0) is 56.7 Å². The first-order valence-corrected chi connectivity index (χ1v) is 11.1. The Labute approximate surface area is 192 Å². The lowest BCUT2D eigenvalue weighted by atomic mass is 10.1. The number of Topliss-reactive ketones (excluding diaryl/α,β-unsaturated/α-hetero) is 1. The molecule has 0 saturated heterocycles. The van der Waals surface area contributed by atoms with Crippen molar-refractivity contribution in [2.45, 2.75) is 26.7 Å². The molecule has 0 bridgehead atoms. The molecular weight excluding hydrogens is 443 g/mol. The second-order valence-electron chi connectivity index (χ2n) is 7.56. The fourth-order valence-corrected chi connectivity index (χ4v) is 4.20. The molecule has 0 aliphatic heterocycles. The van der Waals surface area contributed by atoms with Crippen LogP contribution in [0.1, 0.15) is 35.0 Å². The second kappa shape index (κ2) is 9.33. The summed E-state index contributed by atoms with van der Waals surface area (Å²) in [5.41, 5.74) is 3.33. The average molecular weight is 465 g/mol. The number of nitrogens with zero attached hydrogens (tertiary/aromatic N) is 2. The molecule has 33 heavy (non-hydrogen) atoms. The van der Waals surface area contributed by atoms with Crippen molar-refractivity contribution in [3.05, 3.63) is 86.9 Å². The SMILES string of the molecule is CC(=O)c1cccc(NC(=O)CCc2c(C)[nH]n(-c3nc(-c4ccc(F)cc4)cs3)c2=O)c1. The predicted molar refractivity (Wildman–Crippen MR) is 126 cm³/mol. The van der Waals surface area contributed by atoms with E-state index in [4.69, 9.17) is 0 Å². The van der Waals surface area contributed by atoms with Crippen molar-refractivity contribution in [3.8, 4) is 16.4 Å². The van der Waals surface area contributed by atoms with Crippen LogP contribution in [0.15, 0.2) is 58.7 Å². The minimum absolute atomic E-state index is 0.0839. The third kappa shape index (κ3) is 4.98. The second-order valence-corrected chi connectivity index (χ2v) is 8.40. The van der Waals surface area contributed by atoms with Crippen molar-refractivity contribution in [1.82, 2.24) is 14.8 Å². The first-order chi connectivity index (χ1) is 15.8. The van der Waals surface area contributed by atoms with Gasteiger partial charge in [-0.15, -0.1) is 11.3 Å². The fourth-order valence-electron chi connectivity index (χ4n) is 3.41. The lowest BCUT2D eigenvalue weighted by molar-refractivity contribution is -0.116. The Morgan fingerprint density at radius 1 is 1.18 bits per heavy atom. The van der Waals surface area contributed by atoms with Crippen LogP contribution in [-0.2, 0) is 11.2 Å². The molecule has 4 rings (SSSR count). The maximum atomic E-state index is 13.2. The number of nitrogens with one attached hydrogen (secondary N) is 2. The van der Waals surface area contributed by atoms with Crippen molar-refractivity contribution in [3.63, 3.8) is 0 Å². The van der Waals surface area contributed by atoms with Crippen molar-refractivity contribution in [1.29, 1.82) is 0 Å². The van der Waals surface area contributed by atoms with E-state index in [1.54, 1.807) is 48.7 Å². The molecule has 2 aromatic heterocycles. The molecule has 168 valence electrons. The summed E-state index contributed by atoms with van der Waals surface area (Å²) in [6.45, 7) is 3.24. The number of halogens is 1. The fraction of sp³-hybridized carbons (Fsp3) is 0.167. The van der Waals surface area contributed by atoms with Crippen LogP contribution in [0.3, 0.4) is 0 Å². The van der Waals surface area contributed by atoms with Crippen LogP contribution in [0, 0.1) is 12.7 Å². The van der Waals surface area contributed by atoms with E-state index in [1.165, 1.54) is 35.1 Å². The number of aryl methyl sites for hydroxylation is 1. The Bertz CT molecular complexity index is 1390. The molecule has 0 aliphatic carbocycles. The summed E-state index contributed by atoms with van der Waals surface area (Å²) in [5, 5.41) is 8.04. The summed E-state index contributed by atoms with van der Waals surface area (Å²) in [5.74, 6) is -0.667. The van der Waals surface area contributed by atoms with Crippen LogP contribution in [0.2, 0.25) is 0 Å². The van der Waals surface area contributed by atoms with Crippen LogP contribution < -0.4 is 10.9 Å². The largest absolute Gasteiger partial charge is 0.326 e. The molecule has 0 saturated carbocycles. The summed E-state index contributed by atoms with van der Waals surface area (Å²) in [7, 11) is 0. The van der Waals surface area contributed by atoms with Crippen molar-refractivity contribution >= 4 is 28.7 Å². The lowest BCUT2D eigenvalue weighted by Gasteiger charge is -2.06. The Morgan fingerprint density at radius 2 is 1.94 bits per heavy atom. The Kier molecular flexibility index (Phi) is 6.32. The zero-order chi connectivity index (χ0) is 23.5. The molecule has 2 N–H and O–H groups in total. The number of anilines is 1. The monoisotopic (exact) mass is 464 g/mol. The molecule has 0 radical (unpaired) electrons. The highest BCUT2D eigenvalue weighted by molar-refractivity contribution is 7.12. The van der Waals surface area contributed by atoms with Gasteiger partial charge in [0.2, 0.25) is 11.0 Å². The third-order valence-corrected chi connectivity index (χ3v) is 6.00. The molecule has 2 aromatic carbocycles. The molecule has 0 atom stereocenters. The first kappa shape index (κ1) is 22.3. The van der Waals surface area contributed by atoms with Crippen LogP contribution in [0.4, 0.5) is 10.1 Å². The number of H-pyrrole nitrogens is 1. The van der Waals surface area contributed by atoms with Gasteiger partial charge < -0.3 is 5.32 Å². The maximum absolute atomic E-state index is 13.2. The van der Waals surface area contributed by atoms with Crippen LogP contribution >= 0.6 is 11.3 Å². The number of hydrogen-bond acceptors (Lipinski definition) is 5. The van der Waals surface area contributed by atoms with Crippen LogP contribution in [0.5, 0.6) is 0 Å². The minimum atomic E-state index is -0.328. The summed E-state index contributed by atoms with van der Waals surface area (Å²) >= 11 is 1.29. The predicted octanol–water partition coefficient (Wildman–Crippen LogP) is 4.51. The zero-order valence-corrected chi connectivity index (χ0v) is 18.8. The molecule has 1 amide bonds. The summed E-state index contributed by atoms with van der Waals surface area (Å²) in [4.78, 5) is 41.4. The number of aromatic nitrogens is 3. The number of thiazole rings is 1. The first-order valence-electron chi connectivity index (χ1n) is 10.2. The van der Waals surface area contributed by atoms with Crippen molar-refractivity contribution < 1.29 is 14.0 Å². The van der Waals surface area contributed by atoms with Gasteiger partial charge in [0.1, 0.15) is 5.82 Å². The molecule has 0 spiro atoms. The average Bonchev–Trinajstić information content (AvgIpc) is 3.38. The normalized spacial score (nSPS) is 10.9. The number of aromatic amines is 1. The van der Waals surface area contributed by atoms with E-state index in [0.717, 1.165) is 5.56 Å². The van der Waals surface area contributed by atoms with Crippen LogP contribution in [-0.4, -0.2) is 26.5 Å². The number of carbonyl (C=O) groups excluding carboxylic acids is 2. The molecule has 0 unspecified atom stereocenters. The highest BCUT2D eigenvalue weighted by Gasteiger charge is 2.16. The number of benzene rings is 2. The third-order valence-electron chi connectivity index (χ3n) is 5.17. The van der Waals surface area contributed by atoms with E-state index in [0.29, 0.717) is 33.3 Å². The highest BCUT2D eigenvalue weighted by Crippen LogP contribution is 2.24.